The van der Waals surface area contributed by atoms with Gasteiger partial charge in [-0.3, -0.25) is 4.79 Å². The molecule has 0 radical (unpaired) electrons. The van der Waals surface area contributed by atoms with Gasteiger partial charge in [0, 0.05) is 11.9 Å². The fourth-order valence-electron chi connectivity index (χ4n) is 3.25. The van der Waals surface area contributed by atoms with Crippen molar-refractivity contribution in [3.05, 3.63) is 95.5 Å². The van der Waals surface area contributed by atoms with Gasteiger partial charge in [-0.05, 0) is 54.6 Å². The van der Waals surface area contributed by atoms with Gasteiger partial charge in [-0.2, -0.15) is 5.10 Å². The minimum Gasteiger partial charge on any atom is -0.338 e. The van der Waals surface area contributed by atoms with E-state index in [0.717, 1.165) is 22.3 Å². The van der Waals surface area contributed by atoms with Gasteiger partial charge in [0.1, 0.15) is 11.6 Å². The number of nitrogens with zero attached hydrogens (tertiary/aromatic N) is 3. The van der Waals surface area contributed by atoms with Gasteiger partial charge >= 0.3 is 0 Å². The Labute approximate surface area is 181 Å². The predicted molar refractivity (Wildman–Crippen MR) is 118 cm³/mol. The Morgan fingerprint density at radius 3 is 2.68 bits per heavy atom. The summed E-state index contributed by atoms with van der Waals surface area (Å²) in [4.78, 5) is 20.3. The summed E-state index contributed by atoms with van der Waals surface area (Å²) >= 11 is 6.10. The smallest absolute Gasteiger partial charge is 0.257 e. The fourth-order valence-corrected chi connectivity index (χ4v) is 3.47. The highest BCUT2D eigenvalue weighted by Crippen LogP contribution is 2.24. The minimum atomic E-state index is -0.300. The van der Waals surface area contributed by atoms with Crippen LogP contribution in [0.2, 0.25) is 5.02 Å². The van der Waals surface area contributed by atoms with Crippen LogP contribution in [0.25, 0.3) is 28.1 Å². The lowest BCUT2D eigenvalue weighted by Crippen LogP contribution is -2.12. The molecule has 0 aliphatic carbocycles. The third kappa shape index (κ3) is 3.78. The zero-order valence-electron chi connectivity index (χ0n) is 16.0. The number of imidazole rings is 1. The Balaban J connectivity index is 1.40. The second kappa shape index (κ2) is 7.70. The van der Waals surface area contributed by atoms with E-state index in [1.807, 2.05) is 18.3 Å². The summed E-state index contributed by atoms with van der Waals surface area (Å²) in [6, 6.07) is 18.4. The Hall–Kier alpha value is -3.97. The molecule has 0 saturated carbocycles. The van der Waals surface area contributed by atoms with Crippen molar-refractivity contribution < 1.29 is 9.18 Å². The molecule has 5 rings (SSSR count). The van der Waals surface area contributed by atoms with Gasteiger partial charge in [-0.15, -0.1) is 0 Å². The molecule has 2 aromatic heterocycles. The average molecular weight is 432 g/mol. The summed E-state index contributed by atoms with van der Waals surface area (Å²) in [5.74, 6) is 0.0500. The van der Waals surface area contributed by atoms with Gasteiger partial charge in [-0.1, -0.05) is 23.7 Å². The molecule has 0 atom stereocenters. The topological polar surface area (TPSA) is 75.6 Å². The van der Waals surface area contributed by atoms with Crippen LogP contribution in [0.4, 0.5) is 10.1 Å². The first kappa shape index (κ1) is 19.0. The molecule has 31 heavy (non-hydrogen) atoms. The SMILES string of the molecule is O=C(Nc1ccc2nc(-c3cnn(-c4ccc(F)cc4)c3)[nH]c2c1)c1ccccc1Cl. The first-order chi connectivity index (χ1) is 15.1. The predicted octanol–water partition coefficient (Wildman–Crippen LogP) is 5.46. The highest BCUT2D eigenvalue weighted by molar-refractivity contribution is 6.34. The maximum Gasteiger partial charge on any atom is 0.257 e. The van der Waals surface area contributed by atoms with Crippen molar-refractivity contribution in [1.82, 2.24) is 19.7 Å². The Kier molecular flexibility index (Phi) is 4.72. The lowest BCUT2D eigenvalue weighted by Gasteiger charge is -2.06. The van der Waals surface area contributed by atoms with Crippen LogP contribution < -0.4 is 5.32 Å². The number of nitrogens with one attached hydrogen (secondary N) is 2. The Bertz CT molecular complexity index is 1410. The van der Waals surface area contributed by atoms with E-state index in [1.165, 1.54) is 12.1 Å². The van der Waals surface area contributed by atoms with Crippen molar-refractivity contribution in [3.8, 4) is 17.1 Å². The molecule has 3 aromatic carbocycles. The van der Waals surface area contributed by atoms with Crippen LogP contribution in [-0.4, -0.2) is 25.7 Å². The number of carbonyl (C=O) groups is 1. The molecule has 152 valence electrons. The normalized spacial score (nSPS) is 11.0. The van der Waals surface area contributed by atoms with Crippen molar-refractivity contribution in [2.45, 2.75) is 0 Å². The molecule has 2 heterocycles. The lowest BCUT2D eigenvalue weighted by atomic mass is 10.2. The number of aromatic amines is 1. The standard InChI is InChI=1S/C23H15ClFN5O/c24-19-4-2-1-3-18(19)23(31)27-16-7-10-20-21(11-16)29-22(28-20)14-12-26-30(13-14)17-8-5-15(25)6-9-17/h1-13H,(H,27,31)(H,28,29). The summed E-state index contributed by atoms with van der Waals surface area (Å²) in [7, 11) is 0. The molecule has 6 nitrogen and oxygen atoms in total. The number of carbonyl (C=O) groups excluding carboxylic acids is 1. The molecule has 8 heteroatoms. The summed E-state index contributed by atoms with van der Waals surface area (Å²) in [5.41, 5.74) is 4.06. The van der Waals surface area contributed by atoms with Crippen LogP contribution in [0, 0.1) is 5.82 Å². The van der Waals surface area contributed by atoms with Gasteiger partial charge in [0.2, 0.25) is 0 Å². The van der Waals surface area contributed by atoms with Gasteiger partial charge < -0.3 is 10.3 Å². The van der Waals surface area contributed by atoms with Crippen LogP contribution in [0.15, 0.2) is 79.1 Å². The third-order valence-electron chi connectivity index (χ3n) is 4.81. The largest absolute Gasteiger partial charge is 0.338 e. The highest BCUT2D eigenvalue weighted by Gasteiger charge is 2.12. The first-order valence-corrected chi connectivity index (χ1v) is 9.81. The highest BCUT2D eigenvalue weighted by atomic mass is 35.5. The molecule has 0 bridgehead atoms. The van der Waals surface area contributed by atoms with E-state index in [9.17, 15) is 9.18 Å². The van der Waals surface area contributed by atoms with E-state index in [1.54, 1.807) is 53.3 Å². The molecule has 0 spiro atoms. The Morgan fingerprint density at radius 1 is 1.06 bits per heavy atom. The third-order valence-corrected chi connectivity index (χ3v) is 5.14. The summed E-state index contributed by atoms with van der Waals surface area (Å²) < 4.78 is 14.8. The quantitative estimate of drug-likeness (QED) is 0.396. The van der Waals surface area contributed by atoms with Crippen molar-refractivity contribution in [3.63, 3.8) is 0 Å². The molecule has 5 aromatic rings. The number of rotatable bonds is 4. The molecule has 0 unspecified atom stereocenters. The summed E-state index contributed by atoms with van der Waals surface area (Å²) in [6.07, 6.45) is 3.49. The summed E-state index contributed by atoms with van der Waals surface area (Å²) in [5, 5.41) is 7.57. The molecular formula is C23H15ClFN5O. The maximum absolute atomic E-state index is 13.1. The number of H-pyrrole nitrogens is 1. The van der Waals surface area contributed by atoms with Crippen molar-refractivity contribution in [2.75, 3.05) is 5.32 Å². The number of amides is 1. The van der Waals surface area contributed by atoms with Crippen molar-refractivity contribution in [2.24, 2.45) is 0 Å². The lowest BCUT2D eigenvalue weighted by molar-refractivity contribution is 0.102. The molecule has 0 aliphatic heterocycles. The van der Waals surface area contributed by atoms with Crippen LogP contribution in [0.5, 0.6) is 0 Å². The second-order valence-electron chi connectivity index (χ2n) is 6.90. The average Bonchev–Trinajstić information content (AvgIpc) is 3.41. The number of fused-ring (bicyclic) bond motifs is 1. The number of halogens is 2. The van der Waals surface area contributed by atoms with E-state index in [0.29, 0.717) is 22.1 Å². The number of aromatic nitrogens is 4. The second-order valence-corrected chi connectivity index (χ2v) is 7.31. The van der Waals surface area contributed by atoms with Crippen molar-refractivity contribution >= 4 is 34.2 Å². The van der Waals surface area contributed by atoms with Crippen LogP contribution in [0.1, 0.15) is 10.4 Å². The van der Waals surface area contributed by atoms with E-state index in [2.05, 4.69) is 20.4 Å². The van der Waals surface area contributed by atoms with Gasteiger partial charge in [0.25, 0.3) is 5.91 Å². The van der Waals surface area contributed by atoms with Crippen molar-refractivity contribution in [1.29, 1.82) is 0 Å². The van der Waals surface area contributed by atoms with Crippen LogP contribution in [-0.2, 0) is 0 Å². The number of hydrogen-bond donors (Lipinski definition) is 2. The van der Waals surface area contributed by atoms with Crippen LogP contribution in [0.3, 0.4) is 0 Å². The molecule has 0 fully saturated rings. The molecule has 1 amide bonds. The molecule has 2 N–H and O–H groups in total. The first-order valence-electron chi connectivity index (χ1n) is 9.43. The molecule has 0 aliphatic rings. The van der Waals surface area contributed by atoms with E-state index in [4.69, 9.17) is 11.6 Å². The van der Waals surface area contributed by atoms with Gasteiger partial charge in [0.15, 0.2) is 0 Å². The number of hydrogen-bond acceptors (Lipinski definition) is 3. The Morgan fingerprint density at radius 2 is 1.87 bits per heavy atom. The van der Waals surface area contributed by atoms with Gasteiger partial charge in [0.05, 0.1) is 39.1 Å². The fraction of sp³-hybridized carbons (Fsp3) is 0. The number of benzene rings is 3. The summed E-state index contributed by atoms with van der Waals surface area (Å²) in [6.45, 7) is 0. The molecule has 0 saturated heterocycles. The molecular weight excluding hydrogens is 417 g/mol. The van der Waals surface area contributed by atoms with E-state index in [-0.39, 0.29) is 11.7 Å². The zero-order chi connectivity index (χ0) is 21.4. The van der Waals surface area contributed by atoms with E-state index >= 15 is 0 Å². The zero-order valence-corrected chi connectivity index (χ0v) is 16.8. The van der Waals surface area contributed by atoms with E-state index < -0.39 is 0 Å². The van der Waals surface area contributed by atoms with Gasteiger partial charge in [-0.25, -0.2) is 14.1 Å². The van der Waals surface area contributed by atoms with Crippen LogP contribution >= 0.6 is 11.6 Å². The monoisotopic (exact) mass is 431 g/mol. The minimum absolute atomic E-state index is 0.287. The number of anilines is 1. The maximum atomic E-state index is 13.1.